The Hall–Kier alpha value is -1.62. The summed E-state index contributed by atoms with van der Waals surface area (Å²) < 4.78 is 0. The molecule has 3 saturated heterocycles. The van der Waals surface area contributed by atoms with E-state index in [4.69, 9.17) is 23.8 Å². The van der Waals surface area contributed by atoms with Gasteiger partial charge in [-0.2, -0.15) is 0 Å². The van der Waals surface area contributed by atoms with Crippen LogP contribution in [0.2, 0.25) is 5.02 Å². The number of thiocarbonyl (C=S) groups is 1. The molecule has 5 rings (SSSR count). The van der Waals surface area contributed by atoms with E-state index in [-0.39, 0.29) is 0 Å². The lowest BCUT2D eigenvalue weighted by Crippen LogP contribution is -2.48. The molecule has 3 aliphatic rings. The Balaban J connectivity index is 1.24. The molecule has 2 aromatic rings. The molecule has 0 aromatic heterocycles. The maximum atomic E-state index is 6.20. The normalized spacial score (nSPS) is 34.4. The van der Waals surface area contributed by atoms with Crippen LogP contribution in [0.1, 0.15) is 24.8 Å². The van der Waals surface area contributed by atoms with Gasteiger partial charge in [-0.3, -0.25) is 4.90 Å². The number of nitrogens with one attached hydrogen (secondary N) is 2. The van der Waals surface area contributed by atoms with Gasteiger partial charge in [-0.25, -0.2) is 0 Å². The van der Waals surface area contributed by atoms with Crippen molar-refractivity contribution in [2.24, 2.45) is 0 Å². The van der Waals surface area contributed by atoms with Crippen LogP contribution in [0.5, 0.6) is 0 Å². The molecule has 5 heteroatoms. The van der Waals surface area contributed by atoms with E-state index >= 15 is 0 Å². The van der Waals surface area contributed by atoms with Crippen LogP contribution in [0.25, 0.3) is 0 Å². The molecule has 2 aromatic carbocycles. The van der Waals surface area contributed by atoms with Crippen molar-refractivity contribution in [1.29, 1.82) is 0 Å². The third-order valence-electron chi connectivity index (χ3n) is 6.02. The average molecular weight is 370 g/mol. The van der Waals surface area contributed by atoms with E-state index in [2.05, 4.69) is 45.9 Å². The van der Waals surface area contributed by atoms with E-state index in [1.54, 1.807) is 0 Å². The molecule has 3 fully saturated rings. The monoisotopic (exact) mass is 369 g/mol. The van der Waals surface area contributed by atoms with Crippen LogP contribution in [0.15, 0.2) is 54.6 Å². The first-order chi connectivity index (χ1) is 12.2. The van der Waals surface area contributed by atoms with Gasteiger partial charge in [0.1, 0.15) is 0 Å². The molecule has 0 saturated carbocycles. The topological polar surface area (TPSA) is 27.1 Å². The van der Waals surface area contributed by atoms with Crippen molar-refractivity contribution in [3.63, 3.8) is 0 Å². The molecular formula is C20H20ClN3S. The third-order valence-corrected chi connectivity index (χ3v) is 6.57. The highest BCUT2D eigenvalue weighted by molar-refractivity contribution is 7.80. The van der Waals surface area contributed by atoms with Crippen molar-refractivity contribution in [2.45, 2.75) is 42.9 Å². The molecule has 3 heterocycles. The lowest BCUT2D eigenvalue weighted by atomic mass is 9.84. The molecule has 5 unspecified atom stereocenters. The van der Waals surface area contributed by atoms with Crippen LogP contribution < -0.4 is 10.6 Å². The molecule has 0 spiro atoms. The number of rotatable bonds is 3. The standard InChI is InChI=1S/C20H20ClN3S/c21-16-8-4-5-9-17(16)23-19(25)22-14-10-15-12-20(18(11-14)24(15)20)13-6-2-1-3-7-13/h1-9,14-15,18H,10-12H2,(H2,22,23,25). The number of para-hydroxylation sites is 1. The van der Waals surface area contributed by atoms with Crippen molar-refractivity contribution in [3.8, 4) is 0 Å². The first-order valence-electron chi connectivity index (χ1n) is 8.84. The number of nitrogens with zero attached hydrogens (tertiary/aromatic N) is 1. The average Bonchev–Trinajstić information content (AvgIpc) is 3.20. The summed E-state index contributed by atoms with van der Waals surface area (Å²) in [6, 6.07) is 20.4. The van der Waals surface area contributed by atoms with Gasteiger partial charge in [-0.15, -0.1) is 0 Å². The van der Waals surface area contributed by atoms with Gasteiger partial charge in [-0.1, -0.05) is 54.1 Å². The largest absolute Gasteiger partial charge is 0.360 e. The van der Waals surface area contributed by atoms with E-state index < -0.39 is 0 Å². The lowest BCUT2D eigenvalue weighted by Gasteiger charge is -2.38. The SMILES string of the molecule is S=C(Nc1ccccc1Cl)NC1CC2CC3(c4ccccc4)C(C1)N23. The van der Waals surface area contributed by atoms with Gasteiger partial charge in [0.15, 0.2) is 5.11 Å². The minimum Gasteiger partial charge on any atom is -0.360 e. The zero-order valence-electron chi connectivity index (χ0n) is 13.8. The number of benzene rings is 2. The van der Waals surface area contributed by atoms with Crippen LogP contribution in [-0.4, -0.2) is 28.1 Å². The number of fused-ring (bicyclic) bond motifs is 1. The maximum Gasteiger partial charge on any atom is 0.171 e. The minimum atomic E-state index is 0.320. The van der Waals surface area contributed by atoms with E-state index in [1.807, 2.05) is 24.3 Å². The molecule has 3 nitrogen and oxygen atoms in total. The summed E-state index contributed by atoms with van der Waals surface area (Å²) in [7, 11) is 0. The molecule has 0 amide bonds. The highest BCUT2D eigenvalue weighted by Crippen LogP contribution is 2.68. The Morgan fingerprint density at radius 1 is 1.08 bits per heavy atom. The van der Waals surface area contributed by atoms with Crippen LogP contribution in [-0.2, 0) is 5.54 Å². The zero-order chi connectivity index (χ0) is 17.0. The second-order valence-electron chi connectivity index (χ2n) is 7.32. The predicted octanol–water partition coefficient (Wildman–Crippen LogP) is 4.14. The van der Waals surface area contributed by atoms with Crippen LogP contribution in [0.3, 0.4) is 0 Å². The van der Waals surface area contributed by atoms with Gasteiger partial charge in [0.2, 0.25) is 0 Å². The molecule has 128 valence electrons. The minimum absolute atomic E-state index is 0.320. The second kappa shape index (κ2) is 5.70. The number of anilines is 1. The van der Waals surface area contributed by atoms with Crippen molar-refractivity contribution in [3.05, 3.63) is 65.2 Å². The zero-order valence-corrected chi connectivity index (χ0v) is 15.4. The van der Waals surface area contributed by atoms with Gasteiger partial charge >= 0.3 is 0 Å². The summed E-state index contributed by atoms with van der Waals surface area (Å²) in [5, 5.41) is 8.10. The fraction of sp³-hybridized carbons (Fsp3) is 0.350. The molecule has 0 radical (unpaired) electrons. The molecule has 5 atom stereocenters. The first kappa shape index (κ1) is 15.6. The Morgan fingerprint density at radius 2 is 1.84 bits per heavy atom. The molecule has 2 N–H and O–H groups in total. The molecule has 25 heavy (non-hydrogen) atoms. The van der Waals surface area contributed by atoms with Crippen molar-refractivity contribution >= 4 is 34.6 Å². The number of hydrogen-bond donors (Lipinski definition) is 2. The summed E-state index contributed by atoms with van der Waals surface area (Å²) >= 11 is 11.7. The first-order valence-corrected chi connectivity index (χ1v) is 9.63. The van der Waals surface area contributed by atoms with Crippen molar-refractivity contribution in [2.75, 3.05) is 5.32 Å². The Bertz CT molecular complexity index is 827. The number of halogens is 1. The van der Waals surface area contributed by atoms with Gasteiger partial charge < -0.3 is 10.6 Å². The van der Waals surface area contributed by atoms with Crippen LogP contribution >= 0.6 is 23.8 Å². The highest BCUT2D eigenvalue weighted by Gasteiger charge is 2.75. The summed E-state index contributed by atoms with van der Waals surface area (Å²) in [4.78, 5) is 2.70. The quantitative estimate of drug-likeness (QED) is 0.628. The van der Waals surface area contributed by atoms with E-state index in [1.165, 1.54) is 12.0 Å². The highest BCUT2D eigenvalue weighted by atomic mass is 35.5. The maximum absolute atomic E-state index is 6.20. The Morgan fingerprint density at radius 3 is 2.64 bits per heavy atom. The fourth-order valence-corrected chi connectivity index (χ4v) is 5.45. The molecule has 3 aliphatic heterocycles. The summed E-state index contributed by atoms with van der Waals surface area (Å²) in [5.41, 5.74) is 2.66. The van der Waals surface area contributed by atoms with Gasteiger partial charge in [0.05, 0.1) is 16.2 Å². The predicted molar refractivity (Wildman–Crippen MR) is 106 cm³/mol. The van der Waals surface area contributed by atoms with E-state index in [9.17, 15) is 0 Å². The second-order valence-corrected chi connectivity index (χ2v) is 8.13. The Labute approximate surface area is 158 Å². The van der Waals surface area contributed by atoms with Crippen molar-refractivity contribution in [1.82, 2.24) is 10.2 Å². The smallest absolute Gasteiger partial charge is 0.171 e. The van der Waals surface area contributed by atoms with E-state index in [0.29, 0.717) is 33.8 Å². The molecule has 0 bridgehead atoms. The fourth-order valence-electron chi connectivity index (χ4n) is 4.99. The molecular weight excluding hydrogens is 350 g/mol. The van der Waals surface area contributed by atoms with Gasteiger partial charge in [-0.05, 0) is 49.2 Å². The Kier molecular flexibility index (Phi) is 3.56. The van der Waals surface area contributed by atoms with Gasteiger partial charge in [0, 0.05) is 18.1 Å². The van der Waals surface area contributed by atoms with Crippen LogP contribution in [0, 0.1) is 0 Å². The van der Waals surface area contributed by atoms with E-state index in [0.717, 1.165) is 18.5 Å². The molecule has 0 aliphatic carbocycles. The third kappa shape index (κ3) is 2.39. The van der Waals surface area contributed by atoms with Crippen molar-refractivity contribution < 1.29 is 0 Å². The number of piperidine rings is 1. The van der Waals surface area contributed by atoms with Crippen LogP contribution in [0.4, 0.5) is 5.69 Å². The summed E-state index contributed by atoms with van der Waals surface area (Å²) in [6.45, 7) is 0. The summed E-state index contributed by atoms with van der Waals surface area (Å²) in [5.74, 6) is 0. The van der Waals surface area contributed by atoms with Gasteiger partial charge in [0.25, 0.3) is 0 Å². The lowest BCUT2D eigenvalue weighted by molar-refractivity contribution is 0.133. The summed E-state index contributed by atoms with van der Waals surface area (Å²) in [6.07, 6.45) is 3.59. The number of hydrogen-bond acceptors (Lipinski definition) is 2.